The normalized spacial score (nSPS) is 16.0. The third kappa shape index (κ3) is 4.16. The van der Waals surface area contributed by atoms with Gasteiger partial charge in [-0.2, -0.15) is 4.98 Å². The van der Waals surface area contributed by atoms with Crippen LogP contribution in [0.25, 0.3) is 0 Å². The summed E-state index contributed by atoms with van der Waals surface area (Å²) in [7, 11) is 1.63. The summed E-state index contributed by atoms with van der Waals surface area (Å²) in [6.45, 7) is 7.66. The molecular formula is C20H26N4O3S. The SMILES string of the molecule is CCCSc1nc2n(n1)C(c1ccc(OC)cc1)C(C(=O)OC(C)C)=C(C)N2. The number of aromatic nitrogens is 3. The lowest BCUT2D eigenvalue weighted by Gasteiger charge is -2.28. The monoisotopic (exact) mass is 402 g/mol. The highest BCUT2D eigenvalue weighted by Crippen LogP contribution is 2.37. The summed E-state index contributed by atoms with van der Waals surface area (Å²) in [4.78, 5) is 17.5. The Morgan fingerprint density at radius 2 is 2.04 bits per heavy atom. The number of carbonyl (C=O) groups is 1. The molecule has 0 amide bonds. The van der Waals surface area contributed by atoms with E-state index in [0.29, 0.717) is 16.7 Å². The van der Waals surface area contributed by atoms with E-state index >= 15 is 0 Å². The standard InChI is InChI=1S/C20H26N4O3S/c1-6-11-28-20-22-19-21-13(4)16(18(25)27-12(2)3)17(24(19)23-20)14-7-9-15(26-5)10-8-14/h7-10,12,17H,6,11H2,1-5H3,(H,21,22,23). The van der Waals surface area contributed by atoms with Gasteiger partial charge in [-0.3, -0.25) is 0 Å². The van der Waals surface area contributed by atoms with Crippen molar-refractivity contribution >= 4 is 23.7 Å². The molecule has 0 bridgehead atoms. The lowest BCUT2D eigenvalue weighted by Crippen LogP contribution is -2.30. The number of methoxy groups -OCH3 is 1. The maximum atomic E-state index is 12.9. The maximum absolute atomic E-state index is 12.9. The second-order valence-corrected chi connectivity index (χ2v) is 7.87. The zero-order valence-electron chi connectivity index (χ0n) is 16.9. The molecule has 1 aliphatic heterocycles. The molecule has 0 radical (unpaired) electrons. The first-order valence-electron chi connectivity index (χ1n) is 9.36. The van der Waals surface area contributed by atoms with Crippen LogP contribution in [0.1, 0.15) is 45.7 Å². The van der Waals surface area contributed by atoms with Crippen molar-refractivity contribution in [3.8, 4) is 5.75 Å². The first kappa shape index (κ1) is 20.3. The molecule has 0 saturated heterocycles. The van der Waals surface area contributed by atoms with Gasteiger partial charge in [-0.05, 0) is 44.9 Å². The quantitative estimate of drug-likeness (QED) is 0.553. The molecule has 150 valence electrons. The Morgan fingerprint density at radius 3 is 2.64 bits per heavy atom. The van der Waals surface area contributed by atoms with Crippen molar-refractivity contribution in [1.82, 2.24) is 14.8 Å². The molecule has 3 rings (SSSR count). The zero-order chi connectivity index (χ0) is 20.3. The summed E-state index contributed by atoms with van der Waals surface area (Å²) in [6, 6.07) is 7.21. The lowest BCUT2D eigenvalue weighted by molar-refractivity contribution is -0.143. The Hall–Kier alpha value is -2.48. The lowest BCUT2D eigenvalue weighted by atomic mass is 9.95. The molecule has 1 atom stereocenters. The number of hydrogen-bond donors (Lipinski definition) is 1. The van der Waals surface area contributed by atoms with Gasteiger partial charge in [0.2, 0.25) is 11.1 Å². The molecule has 2 heterocycles. The molecule has 2 aromatic rings. The van der Waals surface area contributed by atoms with E-state index in [0.717, 1.165) is 29.2 Å². The molecule has 0 fully saturated rings. The van der Waals surface area contributed by atoms with Crippen molar-refractivity contribution in [3.05, 3.63) is 41.1 Å². The van der Waals surface area contributed by atoms with E-state index in [2.05, 4.69) is 22.3 Å². The third-order valence-corrected chi connectivity index (χ3v) is 5.31. The summed E-state index contributed by atoms with van der Waals surface area (Å²) in [5, 5.41) is 8.57. The highest BCUT2D eigenvalue weighted by Gasteiger charge is 2.35. The molecule has 0 saturated carbocycles. The first-order chi connectivity index (χ1) is 13.4. The Balaban J connectivity index is 2.07. The fourth-order valence-electron chi connectivity index (χ4n) is 3.02. The molecule has 1 aromatic heterocycles. The summed E-state index contributed by atoms with van der Waals surface area (Å²) in [5.41, 5.74) is 2.16. The number of ether oxygens (including phenoxy) is 2. The van der Waals surface area contributed by atoms with Gasteiger partial charge in [0.1, 0.15) is 11.8 Å². The van der Waals surface area contributed by atoms with Gasteiger partial charge in [-0.15, -0.1) is 5.10 Å². The van der Waals surface area contributed by atoms with Crippen LogP contribution in [0.15, 0.2) is 40.7 Å². The number of anilines is 1. The molecule has 0 spiro atoms. The second-order valence-electron chi connectivity index (χ2n) is 6.80. The van der Waals surface area contributed by atoms with Crippen LogP contribution in [0.3, 0.4) is 0 Å². The van der Waals surface area contributed by atoms with Crippen LogP contribution in [-0.4, -0.2) is 39.7 Å². The van der Waals surface area contributed by atoms with Crippen molar-refractivity contribution in [2.75, 3.05) is 18.2 Å². The minimum absolute atomic E-state index is 0.211. The number of nitrogens with one attached hydrogen (secondary N) is 1. The number of fused-ring (bicyclic) bond motifs is 1. The molecule has 8 heteroatoms. The van der Waals surface area contributed by atoms with Gasteiger partial charge in [0.25, 0.3) is 0 Å². The van der Waals surface area contributed by atoms with E-state index in [-0.39, 0.29) is 12.1 Å². The van der Waals surface area contributed by atoms with E-state index < -0.39 is 6.04 Å². The van der Waals surface area contributed by atoms with E-state index in [4.69, 9.17) is 9.47 Å². The number of esters is 1. The van der Waals surface area contributed by atoms with Gasteiger partial charge in [0.05, 0.1) is 18.8 Å². The summed E-state index contributed by atoms with van der Waals surface area (Å²) in [6.07, 6.45) is 0.824. The van der Waals surface area contributed by atoms with Crippen LogP contribution < -0.4 is 10.1 Å². The number of rotatable bonds is 7. The van der Waals surface area contributed by atoms with Crippen molar-refractivity contribution in [2.24, 2.45) is 0 Å². The maximum Gasteiger partial charge on any atom is 0.338 e. The van der Waals surface area contributed by atoms with Crippen LogP contribution in [-0.2, 0) is 9.53 Å². The molecular weight excluding hydrogens is 376 g/mol. The van der Waals surface area contributed by atoms with Gasteiger partial charge in [0.15, 0.2) is 0 Å². The van der Waals surface area contributed by atoms with Crippen LogP contribution in [0.2, 0.25) is 0 Å². The Morgan fingerprint density at radius 1 is 1.32 bits per heavy atom. The highest BCUT2D eigenvalue weighted by molar-refractivity contribution is 7.99. The molecule has 1 N–H and O–H groups in total. The molecule has 1 unspecified atom stereocenters. The van der Waals surface area contributed by atoms with Crippen LogP contribution >= 0.6 is 11.8 Å². The highest BCUT2D eigenvalue weighted by atomic mass is 32.2. The van der Waals surface area contributed by atoms with Gasteiger partial charge in [-0.1, -0.05) is 30.8 Å². The zero-order valence-corrected chi connectivity index (χ0v) is 17.7. The summed E-state index contributed by atoms with van der Waals surface area (Å²) < 4.78 is 12.6. The molecule has 28 heavy (non-hydrogen) atoms. The van der Waals surface area contributed by atoms with Gasteiger partial charge in [0, 0.05) is 11.4 Å². The Bertz CT molecular complexity index is 874. The molecule has 0 aliphatic carbocycles. The molecule has 1 aliphatic rings. The predicted molar refractivity (Wildman–Crippen MR) is 110 cm³/mol. The largest absolute Gasteiger partial charge is 0.497 e. The number of allylic oxidation sites excluding steroid dienone is 1. The third-order valence-electron chi connectivity index (χ3n) is 4.26. The smallest absolute Gasteiger partial charge is 0.338 e. The molecule has 7 nitrogen and oxygen atoms in total. The number of nitrogens with zero attached hydrogens (tertiary/aromatic N) is 3. The van der Waals surface area contributed by atoms with Gasteiger partial charge < -0.3 is 14.8 Å². The minimum atomic E-state index is -0.420. The Kier molecular flexibility index (Phi) is 6.28. The van der Waals surface area contributed by atoms with Crippen molar-refractivity contribution < 1.29 is 14.3 Å². The van der Waals surface area contributed by atoms with Crippen LogP contribution in [0.5, 0.6) is 5.75 Å². The van der Waals surface area contributed by atoms with E-state index in [1.165, 1.54) is 0 Å². The van der Waals surface area contributed by atoms with E-state index in [1.807, 2.05) is 45.0 Å². The summed E-state index contributed by atoms with van der Waals surface area (Å²) in [5.74, 6) is 1.95. The van der Waals surface area contributed by atoms with Crippen molar-refractivity contribution in [2.45, 2.75) is 51.4 Å². The van der Waals surface area contributed by atoms with Crippen LogP contribution in [0.4, 0.5) is 5.95 Å². The number of thioether (sulfide) groups is 1. The van der Waals surface area contributed by atoms with E-state index in [9.17, 15) is 4.79 Å². The van der Waals surface area contributed by atoms with Crippen molar-refractivity contribution in [3.63, 3.8) is 0 Å². The number of benzene rings is 1. The fourth-order valence-corrected chi connectivity index (χ4v) is 3.71. The minimum Gasteiger partial charge on any atom is -0.497 e. The number of carbonyl (C=O) groups excluding carboxylic acids is 1. The molecule has 1 aromatic carbocycles. The predicted octanol–water partition coefficient (Wildman–Crippen LogP) is 4.03. The van der Waals surface area contributed by atoms with Crippen LogP contribution in [0, 0.1) is 0 Å². The average Bonchev–Trinajstić information content (AvgIpc) is 3.07. The summed E-state index contributed by atoms with van der Waals surface area (Å²) >= 11 is 1.60. The van der Waals surface area contributed by atoms with Gasteiger partial charge in [-0.25, -0.2) is 9.48 Å². The Labute approximate surface area is 169 Å². The first-order valence-corrected chi connectivity index (χ1v) is 10.3. The van der Waals surface area contributed by atoms with Gasteiger partial charge >= 0.3 is 5.97 Å². The van der Waals surface area contributed by atoms with E-state index in [1.54, 1.807) is 23.6 Å². The number of hydrogen-bond acceptors (Lipinski definition) is 7. The average molecular weight is 403 g/mol. The second kappa shape index (κ2) is 8.68. The topological polar surface area (TPSA) is 78.3 Å². The fraction of sp³-hybridized carbons (Fsp3) is 0.450. The van der Waals surface area contributed by atoms with Crippen molar-refractivity contribution in [1.29, 1.82) is 0 Å².